The van der Waals surface area contributed by atoms with Crippen LogP contribution in [0, 0.1) is 0 Å². The summed E-state index contributed by atoms with van der Waals surface area (Å²) in [5.41, 5.74) is 0.502. The minimum absolute atomic E-state index is 0.0757. The first-order valence-electron chi connectivity index (χ1n) is 5.91. The van der Waals surface area contributed by atoms with Crippen molar-refractivity contribution in [1.29, 1.82) is 0 Å². The first kappa shape index (κ1) is 13.0. The number of carbonyl (C=O) groups is 1. The average molecular weight is 265 g/mol. The molecule has 1 aromatic rings. The normalized spacial score (nSPS) is 17.2. The van der Waals surface area contributed by atoms with E-state index in [9.17, 15) is 9.90 Å². The van der Waals surface area contributed by atoms with Gasteiger partial charge in [0.2, 0.25) is 5.79 Å². The number of benzene rings is 1. The van der Waals surface area contributed by atoms with Crippen molar-refractivity contribution < 1.29 is 14.6 Å². The van der Waals surface area contributed by atoms with Gasteiger partial charge >= 0.3 is 0 Å². The standard InChI is InChI=1S/C13H15NO3S/c15-11(10-6-2-1-3-7-10)14-12(18)17-13(16)8-4-5-9-13/h1-3,6-7,16H,4-5,8-9H2,(H,14,15,18). The molecule has 1 amide bonds. The molecule has 1 aromatic carbocycles. The smallest absolute Gasteiger partial charge is 0.266 e. The van der Waals surface area contributed by atoms with Crippen molar-refractivity contribution in [3.8, 4) is 0 Å². The SMILES string of the molecule is O=C(NC(=S)OC1(O)CCCC1)c1ccccc1. The Morgan fingerprint density at radius 1 is 1.28 bits per heavy atom. The Morgan fingerprint density at radius 3 is 2.50 bits per heavy atom. The molecule has 1 fully saturated rings. The zero-order valence-corrected chi connectivity index (χ0v) is 10.7. The Balaban J connectivity index is 1.90. The molecule has 0 aliphatic heterocycles. The molecule has 4 nitrogen and oxygen atoms in total. The maximum atomic E-state index is 11.8. The summed E-state index contributed by atoms with van der Waals surface area (Å²) in [7, 11) is 0. The van der Waals surface area contributed by atoms with Crippen LogP contribution in [0.15, 0.2) is 30.3 Å². The zero-order chi connectivity index (χ0) is 13.0. The number of ether oxygens (including phenoxy) is 1. The number of hydrogen-bond donors (Lipinski definition) is 2. The third-order valence-electron chi connectivity index (χ3n) is 2.92. The van der Waals surface area contributed by atoms with Gasteiger partial charge < -0.3 is 9.84 Å². The first-order valence-corrected chi connectivity index (χ1v) is 6.32. The molecule has 2 N–H and O–H groups in total. The third-order valence-corrected chi connectivity index (χ3v) is 3.10. The fourth-order valence-corrected chi connectivity index (χ4v) is 2.23. The van der Waals surface area contributed by atoms with Gasteiger partial charge in [0.15, 0.2) is 0 Å². The van der Waals surface area contributed by atoms with Crippen LogP contribution >= 0.6 is 12.2 Å². The molecule has 1 aliphatic rings. The summed E-state index contributed by atoms with van der Waals surface area (Å²) in [4.78, 5) is 11.8. The van der Waals surface area contributed by atoms with E-state index in [0.717, 1.165) is 12.8 Å². The van der Waals surface area contributed by atoms with E-state index in [1.165, 1.54) is 0 Å². The summed E-state index contributed by atoms with van der Waals surface area (Å²) in [5, 5.41) is 12.4. The summed E-state index contributed by atoms with van der Waals surface area (Å²) in [5.74, 6) is -1.54. The van der Waals surface area contributed by atoms with Crippen molar-refractivity contribution in [3.63, 3.8) is 0 Å². The van der Waals surface area contributed by atoms with Crippen LogP contribution < -0.4 is 5.32 Å². The van der Waals surface area contributed by atoms with Gasteiger partial charge in [0.1, 0.15) is 0 Å². The molecule has 18 heavy (non-hydrogen) atoms. The second-order valence-corrected chi connectivity index (χ2v) is 4.73. The Hall–Kier alpha value is -1.46. The van der Waals surface area contributed by atoms with Gasteiger partial charge in [-0.05, 0) is 37.2 Å². The van der Waals surface area contributed by atoms with Crippen molar-refractivity contribution in [2.45, 2.75) is 31.5 Å². The lowest BCUT2D eigenvalue weighted by Gasteiger charge is -2.23. The number of rotatable bonds is 2. The summed E-state index contributed by atoms with van der Waals surface area (Å²) in [6, 6.07) is 8.73. The van der Waals surface area contributed by atoms with Gasteiger partial charge in [-0.15, -0.1) is 0 Å². The number of hydrogen-bond acceptors (Lipinski definition) is 4. The molecule has 0 saturated heterocycles. The molecule has 5 heteroatoms. The molecule has 0 bridgehead atoms. The highest BCUT2D eigenvalue weighted by molar-refractivity contribution is 7.80. The van der Waals surface area contributed by atoms with Gasteiger partial charge in [-0.2, -0.15) is 0 Å². The summed E-state index contributed by atoms with van der Waals surface area (Å²) in [6.45, 7) is 0. The minimum Gasteiger partial charge on any atom is -0.438 e. The van der Waals surface area contributed by atoms with Crippen LogP contribution in [0.2, 0.25) is 0 Å². The lowest BCUT2D eigenvalue weighted by Crippen LogP contribution is -2.39. The number of thiocarbonyl (C=S) groups is 1. The van der Waals surface area contributed by atoms with Gasteiger partial charge in [-0.3, -0.25) is 10.1 Å². The molecule has 0 radical (unpaired) electrons. The Bertz CT molecular complexity index is 441. The molecular weight excluding hydrogens is 250 g/mol. The van der Waals surface area contributed by atoms with Crippen molar-refractivity contribution in [3.05, 3.63) is 35.9 Å². The van der Waals surface area contributed by atoms with Crippen molar-refractivity contribution in [2.75, 3.05) is 0 Å². The molecule has 0 spiro atoms. The van der Waals surface area contributed by atoms with E-state index in [1.807, 2.05) is 6.07 Å². The fourth-order valence-electron chi connectivity index (χ4n) is 1.98. The zero-order valence-electron chi connectivity index (χ0n) is 9.89. The predicted molar refractivity (Wildman–Crippen MR) is 71.0 cm³/mol. The van der Waals surface area contributed by atoms with Crippen LogP contribution in [0.4, 0.5) is 0 Å². The summed E-state index contributed by atoms with van der Waals surface area (Å²) in [6.07, 6.45) is 2.92. The average Bonchev–Trinajstić information content (AvgIpc) is 2.76. The van der Waals surface area contributed by atoms with Gasteiger partial charge in [0.05, 0.1) is 0 Å². The predicted octanol–water partition coefficient (Wildman–Crippen LogP) is 1.98. The molecule has 0 aromatic heterocycles. The van der Waals surface area contributed by atoms with Crippen molar-refractivity contribution in [2.24, 2.45) is 0 Å². The van der Waals surface area contributed by atoms with Crippen LogP contribution in [0.25, 0.3) is 0 Å². The van der Waals surface area contributed by atoms with Crippen molar-refractivity contribution in [1.82, 2.24) is 5.32 Å². The number of aliphatic hydroxyl groups is 1. The summed E-state index contributed by atoms with van der Waals surface area (Å²) >= 11 is 4.92. The lowest BCUT2D eigenvalue weighted by atomic mass is 10.2. The second-order valence-electron chi connectivity index (χ2n) is 4.36. The highest BCUT2D eigenvalue weighted by Gasteiger charge is 2.34. The monoisotopic (exact) mass is 265 g/mol. The lowest BCUT2D eigenvalue weighted by molar-refractivity contribution is -0.140. The quantitative estimate of drug-likeness (QED) is 0.634. The van der Waals surface area contributed by atoms with Gasteiger partial charge in [0.25, 0.3) is 11.1 Å². The van der Waals surface area contributed by atoms with E-state index in [4.69, 9.17) is 17.0 Å². The number of amides is 1. The molecule has 2 rings (SSSR count). The molecular formula is C13H15NO3S. The fraction of sp³-hybridized carbons (Fsp3) is 0.385. The van der Waals surface area contributed by atoms with E-state index >= 15 is 0 Å². The Morgan fingerprint density at radius 2 is 1.89 bits per heavy atom. The highest BCUT2D eigenvalue weighted by Crippen LogP contribution is 2.30. The van der Waals surface area contributed by atoms with E-state index in [0.29, 0.717) is 18.4 Å². The van der Waals surface area contributed by atoms with Crippen LogP contribution in [-0.2, 0) is 4.74 Å². The Kier molecular flexibility index (Phi) is 3.93. The molecule has 0 unspecified atom stereocenters. The molecule has 96 valence electrons. The van der Waals surface area contributed by atoms with Gasteiger partial charge in [0, 0.05) is 18.4 Å². The Labute approximate surface area is 111 Å². The third kappa shape index (κ3) is 3.27. The molecule has 1 saturated carbocycles. The second kappa shape index (κ2) is 5.46. The maximum absolute atomic E-state index is 11.8. The first-order chi connectivity index (χ1) is 8.59. The van der Waals surface area contributed by atoms with E-state index in [-0.39, 0.29) is 11.1 Å². The van der Waals surface area contributed by atoms with Gasteiger partial charge in [-0.1, -0.05) is 18.2 Å². The van der Waals surface area contributed by atoms with Crippen LogP contribution in [0.5, 0.6) is 0 Å². The largest absolute Gasteiger partial charge is 0.438 e. The van der Waals surface area contributed by atoms with Crippen LogP contribution in [0.1, 0.15) is 36.0 Å². The highest BCUT2D eigenvalue weighted by atomic mass is 32.1. The maximum Gasteiger partial charge on any atom is 0.266 e. The van der Waals surface area contributed by atoms with Crippen molar-refractivity contribution >= 4 is 23.3 Å². The van der Waals surface area contributed by atoms with Gasteiger partial charge in [-0.25, -0.2) is 0 Å². The van der Waals surface area contributed by atoms with E-state index in [2.05, 4.69) is 5.32 Å². The van der Waals surface area contributed by atoms with Crippen LogP contribution in [0.3, 0.4) is 0 Å². The molecule has 0 atom stereocenters. The van der Waals surface area contributed by atoms with E-state index in [1.54, 1.807) is 24.3 Å². The van der Waals surface area contributed by atoms with Crippen LogP contribution in [-0.4, -0.2) is 22.0 Å². The van der Waals surface area contributed by atoms with E-state index < -0.39 is 5.79 Å². The topological polar surface area (TPSA) is 58.6 Å². The minimum atomic E-state index is -1.21. The summed E-state index contributed by atoms with van der Waals surface area (Å²) < 4.78 is 5.25. The molecule has 0 heterocycles. The number of carbonyl (C=O) groups excluding carboxylic acids is 1. The number of nitrogens with one attached hydrogen (secondary N) is 1. The molecule has 1 aliphatic carbocycles.